The predicted octanol–water partition coefficient (Wildman–Crippen LogP) is 4.14. The lowest BCUT2D eigenvalue weighted by Gasteiger charge is -2.35. The van der Waals surface area contributed by atoms with Gasteiger partial charge in [-0.2, -0.15) is 0 Å². The number of hydrogen-bond acceptors (Lipinski definition) is 2. The van der Waals surface area contributed by atoms with Gasteiger partial charge in [-0.25, -0.2) is 0 Å². The van der Waals surface area contributed by atoms with Crippen molar-refractivity contribution in [3.63, 3.8) is 0 Å². The van der Waals surface area contributed by atoms with Crippen molar-refractivity contribution < 1.29 is 4.79 Å². The zero-order valence-electron chi connectivity index (χ0n) is 16.5. The Morgan fingerprint density at radius 2 is 1.50 bits per heavy atom. The maximum atomic E-state index is 13.0. The van der Waals surface area contributed by atoms with Crippen LogP contribution in [0.3, 0.4) is 0 Å². The fourth-order valence-electron chi connectivity index (χ4n) is 3.97. The zero-order valence-corrected chi connectivity index (χ0v) is 17.3. The van der Waals surface area contributed by atoms with E-state index >= 15 is 0 Å². The molecular weight excluding hydrogens is 366 g/mol. The van der Waals surface area contributed by atoms with Gasteiger partial charge in [-0.3, -0.25) is 15.6 Å². The van der Waals surface area contributed by atoms with Crippen LogP contribution in [-0.4, -0.2) is 17.1 Å². The molecule has 148 valence electrons. The highest BCUT2D eigenvalue weighted by atomic mass is 32.1. The van der Waals surface area contributed by atoms with Crippen LogP contribution in [0.25, 0.3) is 0 Å². The van der Waals surface area contributed by atoms with Crippen LogP contribution in [-0.2, 0) is 4.79 Å². The van der Waals surface area contributed by atoms with Crippen LogP contribution in [0.5, 0.6) is 0 Å². The molecule has 1 amide bonds. The summed E-state index contributed by atoms with van der Waals surface area (Å²) in [5.41, 5.74) is 7.60. The first kappa shape index (κ1) is 20.3. The van der Waals surface area contributed by atoms with Crippen LogP contribution >= 0.6 is 12.2 Å². The van der Waals surface area contributed by atoms with Crippen LogP contribution < -0.4 is 16.2 Å². The van der Waals surface area contributed by atoms with Gasteiger partial charge in [0, 0.05) is 6.04 Å². The smallest absolute Gasteiger partial charge is 0.250 e. The third-order valence-corrected chi connectivity index (χ3v) is 6.07. The summed E-state index contributed by atoms with van der Waals surface area (Å²) >= 11 is 5.43. The largest absolute Gasteiger partial charge is 0.358 e. The molecule has 1 aliphatic carbocycles. The standard InChI is InChI=1S/C23H29N3OS/c1-16-10-9-15-20(17(16)2)24-23(28)26-25-22(27)21(18-11-5-3-6-12-18)19-13-7-4-8-14-19/h3-8,11-14,16-17,20-21H,9-10,15H2,1-2H3,(H,25,27)(H2,24,26,28)/t16-,17-,20-/m1/s1. The molecule has 2 aromatic carbocycles. The van der Waals surface area contributed by atoms with Gasteiger partial charge >= 0.3 is 0 Å². The first-order chi connectivity index (χ1) is 13.6. The molecule has 0 bridgehead atoms. The zero-order chi connectivity index (χ0) is 19.9. The Morgan fingerprint density at radius 3 is 2.07 bits per heavy atom. The summed E-state index contributed by atoms with van der Waals surface area (Å²) in [6.45, 7) is 4.56. The first-order valence-corrected chi connectivity index (χ1v) is 10.4. The molecule has 1 aliphatic rings. The van der Waals surface area contributed by atoms with Crippen LogP contribution in [0.15, 0.2) is 60.7 Å². The van der Waals surface area contributed by atoms with Crippen molar-refractivity contribution in [1.29, 1.82) is 0 Å². The summed E-state index contributed by atoms with van der Waals surface area (Å²) in [7, 11) is 0. The number of carbonyl (C=O) groups excluding carboxylic acids is 1. The van der Waals surface area contributed by atoms with Gasteiger partial charge in [0.2, 0.25) is 5.91 Å². The lowest BCUT2D eigenvalue weighted by molar-refractivity contribution is -0.122. The summed E-state index contributed by atoms with van der Waals surface area (Å²) in [6, 6.07) is 19.9. The maximum absolute atomic E-state index is 13.0. The highest BCUT2D eigenvalue weighted by Crippen LogP contribution is 2.29. The molecule has 0 radical (unpaired) electrons. The normalized spacial score (nSPS) is 21.8. The van der Waals surface area contributed by atoms with Gasteiger partial charge in [-0.05, 0) is 41.6 Å². The van der Waals surface area contributed by atoms with E-state index in [4.69, 9.17) is 12.2 Å². The molecule has 28 heavy (non-hydrogen) atoms. The van der Waals surface area contributed by atoms with E-state index in [2.05, 4.69) is 30.0 Å². The molecule has 3 atom stereocenters. The molecule has 1 fully saturated rings. The minimum Gasteiger partial charge on any atom is -0.358 e. The molecule has 0 spiro atoms. The lowest BCUT2D eigenvalue weighted by Crippen LogP contribution is -2.53. The predicted molar refractivity (Wildman–Crippen MR) is 118 cm³/mol. The van der Waals surface area contributed by atoms with Gasteiger partial charge in [-0.1, -0.05) is 87.4 Å². The molecule has 3 rings (SSSR count). The van der Waals surface area contributed by atoms with E-state index in [-0.39, 0.29) is 5.91 Å². The third kappa shape index (κ3) is 5.10. The summed E-state index contributed by atoms with van der Waals surface area (Å²) in [4.78, 5) is 13.0. The van der Waals surface area contributed by atoms with Crippen molar-refractivity contribution >= 4 is 23.2 Å². The summed E-state index contributed by atoms with van der Waals surface area (Å²) in [5.74, 6) is 0.715. The van der Waals surface area contributed by atoms with Crippen molar-refractivity contribution in [2.45, 2.75) is 45.1 Å². The van der Waals surface area contributed by atoms with Crippen molar-refractivity contribution in [3.05, 3.63) is 71.8 Å². The number of thiocarbonyl (C=S) groups is 1. The molecule has 0 aromatic heterocycles. The van der Waals surface area contributed by atoms with E-state index in [1.54, 1.807) is 0 Å². The van der Waals surface area contributed by atoms with Crippen LogP contribution in [0.1, 0.15) is 50.2 Å². The van der Waals surface area contributed by atoms with E-state index < -0.39 is 5.92 Å². The first-order valence-electron chi connectivity index (χ1n) is 10.0. The summed E-state index contributed by atoms with van der Waals surface area (Å²) in [6.07, 6.45) is 3.59. The van der Waals surface area contributed by atoms with Crippen LogP contribution in [0.4, 0.5) is 0 Å². The van der Waals surface area contributed by atoms with Gasteiger partial charge in [0.1, 0.15) is 0 Å². The number of benzene rings is 2. The third-order valence-electron chi connectivity index (χ3n) is 5.85. The molecule has 5 heteroatoms. The molecule has 0 unspecified atom stereocenters. The summed E-state index contributed by atoms with van der Waals surface area (Å²) in [5, 5.41) is 3.85. The second-order valence-electron chi connectivity index (χ2n) is 7.72. The molecule has 0 aliphatic heterocycles. The van der Waals surface area contributed by atoms with Crippen molar-refractivity contribution in [2.24, 2.45) is 11.8 Å². The number of amides is 1. The minimum atomic E-state index is -0.397. The second kappa shape index (κ2) is 9.69. The van der Waals surface area contributed by atoms with E-state index in [1.807, 2.05) is 60.7 Å². The molecular formula is C23H29N3OS. The maximum Gasteiger partial charge on any atom is 0.250 e. The Bertz CT molecular complexity index is 741. The Morgan fingerprint density at radius 1 is 0.929 bits per heavy atom. The van der Waals surface area contributed by atoms with E-state index in [1.165, 1.54) is 12.8 Å². The Kier molecular flexibility index (Phi) is 7.04. The number of hydrazine groups is 1. The van der Waals surface area contributed by atoms with Gasteiger partial charge in [0.15, 0.2) is 5.11 Å². The Labute approximate surface area is 173 Å². The Hall–Kier alpha value is -2.40. The molecule has 3 N–H and O–H groups in total. The van der Waals surface area contributed by atoms with Crippen LogP contribution in [0, 0.1) is 11.8 Å². The van der Waals surface area contributed by atoms with Gasteiger partial charge in [0.25, 0.3) is 0 Å². The van der Waals surface area contributed by atoms with Gasteiger partial charge in [-0.15, -0.1) is 0 Å². The fraction of sp³-hybridized carbons (Fsp3) is 0.391. The van der Waals surface area contributed by atoms with Crippen molar-refractivity contribution in [2.75, 3.05) is 0 Å². The molecule has 1 saturated carbocycles. The fourth-order valence-corrected chi connectivity index (χ4v) is 4.17. The highest BCUT2D eigenvalue weighted by molar-refractivity contribution is 7.80. The van der Waals surface area contributed by atoms with E-state index in [0.29, 0.717) is 23.0 Å². The number of carbonyl (C=O) groups is 1. The van der Waals surface area contributed by atoms with Crippen LogP contribution in [0.2, 0.25) is 0 Å². The average Bonchev–Trinajstić information content (AvgIpc) is 2.72. The minimum absolute atomic E-state index is 0.133. The average molecular weight is 396 g/mol. The molecule has 0 saturated heterocycles. The van der Waals surface area contributed by atoms with E-state index in [9.17, 15) is 4.79 Å². The summed E-state index contributed by atoms with van der Waals surface area (Å²) < 4.78 is 0. The van der Waals surface area contributed by atoms with E-state index in [0.717, 1.165) is 17.5 Å². The van der Waals surface area contributed by atoms with Gasteiger partial charge < -0.3 is 5.32 Å². The number of hydrogen-bond donors (Lipinski definition) is 3. The SMILES string of the molecule is C[C@@H]1[C@H](C)CCC[C@H]1NC(=S)NNC(=O)C(c1ccccc1)c1ccccc1. The second-order valence-corrected chi connectivity index (χ2v) is 8.12. The molecule has 0 heterocycles. The number of rotatable bonds is 4. The lowest BCUT2D eigenvalue weighted by atomic mass is 9.78. The van der Waals surface area contributed by atoms with Gasteiger partial charge in [0.05, 0.1) is 5.92 Å². The number of nitrogens with one attached hydrogen (secondary N) is 3. The quantitative estimate of drug-likeness (QED) is 0.538. The Balaban J connectivity index is 1.63. The molecule has 2 aromatic rings. The highest BCUT2D eigenvalue weighted by Gasteiger charge is 2.28. The topological polar surface area (TPSA) is 53.2 Å². The van der Waals surface area contributed by atoms with Crippen molar-refractivity contribution in [1.82, 2.24) is 16.2 Å². The van der Waals surface area contributed by atoms with Crippen molar-refractivity contribution in [3.8, 4) is 0 Å². The molecule has 4 nitrogen and oxygen atoms in total. The monoisotopic (exact) mass is 395 g/mol.